The van der Waals surface area contributed by atoms with Gasteiger partial charge in [-0.05, 0) is 52.8 Å². The number of fused-ring (bicyclic) bond motifs is 1. The highest BCUT2D eigenvalue weighted by Gasteiger charge is 2.09. The first kappa shape index (κ1) is 15.6. The van der Waals surface area contributed by atoms with Gasteiger partial charge in [0.25, 0.3) is 5.56 Å². The summed E-state index contributed by atoms with van der Waals surface area (Å²) in [5.41, 5.74) is 2.09. The maximum Gasteiger partial charge on any atom is 0.261 e. The fourth-order valence-corrected chi connectivity index (χ4v) is 3.71. The first-order valence-electron chi connectivity index (χ1n) is 6.98. The summed E-state index contributed by atoms with van der Waals surface area (Å²) in [5, 5.41) is 1.46. The molecular weight excluding hydrogens is 407 g/mol. The summed E-state index contributed by atoms with van der Waals surface area (Å²) in [5.74, 6) is 0.903. The summed E-state index contributed by atoms with van der Waals surface area (Å²) in [7, 11) is 1.79. The first-order valence-corrected chi connectivity index (χ1v) is 9.04. The van der Waals surface area contributed by atoms with Crippen LogP contribution >= 0.6 is 34.4 Å². The van der Waals surface area contributed by atoms with E-state index in [9.17, 15) is 4.79 Å². The normalized spacial score (nSPS) is 11.0. The fraction of sp³-hybridized carbons (Fsp3) is 0.176. The van der Waals surface area contributed by atoms with Crippen LogP contribution in [0.1, 0.15) is 5.56 Å². The van der Waals surface area contributed by atoms with Crippen LogP contribution in [0, 0.1) is 3.57 Å². The Kier molecular flexibility index (Phi) is 4.83. The Morgan fingerprint density at radius 1 is 1.18 bits per heavy atom. The number of nitrogens with zero attached hydrogens (tertiary/aromatic N) is 2. The van der Waals surface area contributed by atoms with Crippen LogP contribution in [0.4, 0.5) is 0 Å². The number of rotatable bonds is 4. The van der Waals surface area contributed by atoms with Crippen molar-refractivity contribution in [3.63, 3.8) is 0 Å². The predicted molar refractivity (Wildman–Crippen MR) is 101 cm³/mol. The Morgan fingerprint density at radius 3 is 2.73 bits per heavy atom. The second-order valence-corrected chi connectivity index (χ2v) is 7.31. The molecule has 0 N–H and O–H groups in total. The third-order valence-corrected chi connectivity index (χ3v) is 5.16. The number of aryl methyl sites for hydroxylation is 1. The average Bonchev–Trinajstić information content (AvgIpc) is 2.54. The van der Waals surface area contributed by atoms with Gasteiger partial charge >= 0.3 is 0 Å². The lowest BCUT2D eigenvalue weighted by Crippen LogP contribution is -2.20. The second-order valence-electron chi connectivity index (χ2n) is 5.00. The highest BCUT2D eigenvalue weighted by molar-refractivity contribution is 14.1. The van der Waals surface area contributed by atoms with Crippen LogP contribution in [0.3, 0.4) is 0 Å². The molecule has 0 aliphatic heterocycles. The summed E-state index contributed by atoms with van der Waals surface area (Å²) < 4.78 is 2.70. The van der Waals surface area contributed by atoms with E-state index in [1.165, 1.54) is 5.56 Å². The van der Waals surface area contributed by atoms with Crippen molar-refractivity contribution >= 4 is 45.3 Å². The number of hydrogen-bond acceptors (Lipinski definition) is 3. The molecule has 3 aromatic rings. The van der Waals surface area contributed by atoms with E-state index >= 15 is 0 Å². The summed E-state index contributed by atoms with van der Waals surface area (Å²) in [6, 6.07) is 16.1. The molecule has 5 heteroatoms. The van der Waals surface area contributed by atoms with Crippen LogP contribution in [-0.4, -0.2) is 15.3 Å². The zero-order valence-corrected chi connectivity index (χ0v) is 15.1. The third-order valence-electron chi connectivity index (χ3n) is 3.46. The van der Waals surface area contributed by atoms with E-state index in [2.05, 4.69) is 39.7 Å². The van der Waals surface area contributed by atoms with Crippen molar-refractivity contribution in [3.05, 3.63) is 68.0 Å². The lowest BCUT2D eigenvalue weighted by Gasteiger charge is -2.09. The Bertz CT molecular complexity index is 862. The maximum atomic E-state index is 12.4. The number of thioether (sulfide) groups is 1. The van der Waals surface area contributed by atoms with Crippen molar-refractivity contribution in [3.8, 4) is 0 Å². The molecule has 1 aromatic heterocycles. The van der Waals surface area contributed by atoms with Gasteiger partial charge in [-0.25, -0.2) is 4.98 Å². The number of hydrogen-bond donors (Lipinski definition) is 0. The molecule has 0 fully saturated rings. The van der Waals surface area contributed by atoms with E-state index in [1.807, 2.05) is 36.4 Å². The smallest absolute Gasteiger partial charge is 0.261 e. The molecule has 0 aliphatic rings. The molecule has 1 heterocycles. The van der Waals surface area contributed by atoms with Crippen LogP contribution < -0.4 is 5.56 Å². The van der Waals surface area contributed by atoms with Crippen LogP contribution in [0.5, 0.6) is 0 Å². The monoisotopic (exact) mass is 422 g/mol. The van der Waals surface area contributed by atoms with Crippen molar-refractivity contribution < 1.29 is 0 Å². The lowest BCUT2D eigenvalue weighted by atomic mass is 10.2. The van der Waals surface area contributed by atoms with Crippen LogP contribution in [0.2, 0.25) is 0 Å². The molecule has 0 aliphatic carbocycles. The summed E-state index contributed by atoms with van der Waals surface area (Å²) in [4.78, 5) is 17.1. The van der Waals surface area contributed by atoms with E-state index in [1.54, 1.807) is 23.4 Å². The second kappa shape index (κ2) is 6.83. The summed E-state index contributed by atoms with van der Waals surface area (Å²) >= 11 is 3.84. The van der Waals surface area contributed by atoms with E-state index in [0.717, 1.165) is 26.4 Å². The number of benzene rings is 2. The number of halogens is 1. The first-order chi connectivity index (χ1) is 10.6. The van der Waals surface area contributed by atoms with E-state index in [-0.39, 0.29) is 5.56 Å². The van der Waals surface area contributed by atoms with Gasteiger partial charge in [0, 0.05) is 16.4 Å². The standard InChI is InChI=1S/C17H15IN2OS/c1-20-16(21)14-11-13(18)7-8-15(14)19-17(20)22-10-9-12-5-3-2-4-6-12/h2-8,11H,9-10H2,1H3. The highest BCUT2D eigenvalue weighted by atomic mass is 127. The Hall–Kier alpha value is -1.34. The molecule has 0 unspecified atom stereocenters. The minimum Gasteiger partial charge on any atom is -0.290 e. The molecule has 2 aromatic carbocycles. The molecule has 0 spiro atoms. The topological polar surface area (TPSA) is 34.9 Å². The van der Waals surface area contributed by atoms with Gasteiger partial charge in [-0.3, -0.25) is 9.36 Å². The van der Waals surface area contributed by atoms with Crippen molar-refractivity contribution in [2.45, 2.75) is 11.6 Å². The third kappa shape index (κ3) is 3.35. The van der Waals surface area contributed by atoms with Gasteiger partial charge in [0.2, 0.25) is 0 Å². The van der Waals surface area contributed by atoms with Gasteiger partial charge in [0.15, 0.2) is 5.16 Å². The van der Waals surface area contributed by atoms with Gasteiger partial charge in [0.05, 0.1) is 10.9 Å². The Balaban J connectivity index is 1.83. The van der Waals surface area contributed by atoms with E-state index in [0.29, 0.717) is 5.39 Å². The zero-order valence-electron chi connectivity index (χ0n) is 12.1. The molecule has 0 bridgehead atoms. The minimum atomic E-state index is 0.0192. The minimum absolute atomic E-state index is 0.0192. The molecule has 0 amide bonds. The van der Waals surface area contributed by atoms with Crippen molar-refractivity contribution in [2.24, 2.45) is 7.05 Å². The molecule has 0 atom stereocenters. The molecule has 0 saturated heterocycles. The summed E-state index contributed by atoms with van der Waals surface area (Å²) in [6.45, 7) is 0. The molecule has 3 rings (SSSR count). The fourth-order valence-electron chi connectivity index (χ4n) is 2.26. The summed E-state index contributed by atoms with van der Waals surface area (Å²) in [6.07, 6.45) is 0.964. The van der Waals surface area contributed by atoms with Gasteiger partial charge < -0.3 is 0 Å². The van der Waals surface area contributed by atoms with Crippen LogP contribution in [0.15, 0.2) is 58.5 Å². The van der Waals surface area contributed by atoms with Crippen molar-refractivity contribution in [2.75, 3.05) is 5.75 Å². The molecular formula is C17H15IN2OS. The van der Waals surface area contributed by atoms with Crippen molar-refractivity contribution in [1.82, 2.24) is 9.55 Å². The molecule has 0 radical (unpaired) electrons. The zero-order chi connectivity index (χ0) is 15.5. The van der Waals surface area contributed by atoms with Crippen LogP contribution in [0.25, 0.3) is 10.9 Å². The predicted octanol–water partition coefficient (Wildman–Crippen LogP) is 3.87. The maximum absolute atomic E-state index is 12.4. The van der Waals surface area contributed by atoms with Crippen LogP contribution in [-0.2, 0) is 13.5 Å². The Labute approximate surface area is 146 Å². The molecule has 22 heavy (non-hydrogen) atoms. The van der Waals surface area contributed by atoms with Crippen molar-refractivity contribution in [1.29, 1.82) is 0 Å². The molecule has 3 nitrogen and oxygen atoms in total. The SMILES string of the molecule is Cn1c(SCCc2ccccc2)nc2ccc(I)cc2c1=O. The van der Waals surface area contributed by atoms with E-state index in [4.69, 9.17) is 0 Å². The lowest BCUT2D eigenvalue weighted by molar-refractivity contribution is 0.726. The largest absolute Gasteiger partial charge is 0.290 e. The van der Waals surface area contributed by atoms with Gasteiger partial charge in [-0.15, -0.1) is 0 Å². The molecule has 112 valence electrons. The van der Waals surface area contributed by atoms with E-state index < -0.39 is 0 Å². The van der Waals surface area contributed by atoms with Gasteiger partial charge in [0.1, 0.15) is 0 Å². The van der Waals surface area contributed by atoms with Gasteiger partial charge in [-0.1, -0.05) is 42.1 Å². The quantitative estimate of drug-likeness (QED) is 0.364. The van der Waals surface area contributed by atoms with Gasteiger partial charge in [-0.2, -0.15) is 0 Å². The Morgan fingerprint density at radius 2 is 1.95 bits per heavy atom. The molecule has 0 saturated carbocycles. The highest BCUT2D eigenvalue weighted by Crippen LogP contribution is 2.19. The number of aromatic nitrogens is 2. The average molecular weight is 422 g/mol.